The number of fused-ring (bicyclic) bond motifs is 1. The van der Waals surface area contributed by atoms with Crippen molar-refractivity contribution in [2.45, 2.75) is 32.4 Å². The van der Waals surface area contributed by atoms with Crippen LogP contribution in [0, 0.1) is 0 Å². The molecule has 1 unspecified atom stereocenters. The van der Waals surface area contributed by atoms with Gasteiger partial charge in [-0.15, -0.1) is 11.3 Å². The van der Waals surface area contributed by atoms with Gasteiger partial charge >= 0.3 is 0 Å². The molecule has 0 bridgehead atoms. The van der Waals surface area contributed by atoms with E-state index >= 15 is 0 Å². The predicted molar refractivity (Wildman–Crippen MR) is 94.5 cm³/mol. The van der Waals surface area contributed by atoms with Crippen LogP contribution in [0.5, 0.6) is 5.75 Å². The maximum Gasteiger partial charge on any atom is 0.137 e. The topological polar surface area (TPSA) is 58.5 Å². The van der Waals surface area contributed by atoms with Gasteiger partial charge in [-0.3, -0.25) is 4.99 Å². The fourth-order valence-corrected chi connectivity index (χ4v) is 3.50. The Bertz CT molecular complexity index is 812. The number of aromatic nitrogens is 1. The van der Waals surface area contributed by atoms with E-state index in [1.165, 1.54) is 5.70 Å². The van der Waals surface area contributed by atoms with Crippen molar-refractivity contribution >= 4 is 22.9 Å². The SMILES string of the molecule is CNC1=c2ccc(OC)cc2=NC(c2nc(NC(C)C)cs2)C1. The molecule has 2 N–H and O–H groups in total. The number of hydrogen-bond donors (Lipinski definition) is 2. The fourth-order valence-electron chi connectivity index (χ4n) is 2.70. The van der Waals surface area contributed by atoms with Crippen LogP contribution in [0.15, 0.2) is 28.6 Å². The summed E-state index contributed by atoms with van der Waals surface area (Å²) in [4.78, 5) is 9.59. The van der Waals surface area contributed by atoms with Crippen LogP contribution in [-0.2, 0) is 0 Å². The molecule has 1 aromatic heterocycles. The molecule has 0 radical (unpaired) electrons. The van der Waals surface area contributed by atoms with Crippen molar-refractivity contribution in [3.05, 3.63) is 39.2 Å². The van der Waals surface area contributed by atoms with E-state index in [2.05, 4.69) is 35.9 Å². The first-order valence-corrected chi connectivity index (χ1v) is 8.63. The van der Waals surface area contributed by atoms with Gasteiger partial charge in [-0.05, 0) is 26.0 Å². The Morgan fingerprint density at radius 1 is 1.35 bits per heavy atom. The summed E-state index contributed by atoms with van der Waals surface area (Å²) in [6.45, 7) is 4.22. The Kier molecular flexibility index (Phi) is 4.52. The Hall–Kier alpha value is -2.08. The van der Waals surface area contributed by atoms with Crippen molar-refractivity contribution in [1.82, 2.24) is 10.3 Å². The van der Waals surface area contributed by atoms with Crippen molar-refractivity contribution in [1.29, 1.82) is 0 Å². The summed E-state index contributed by atoms with van der Waals surface area (Å²) in [6.07, 6.45) is 0.838. The minimum Gasteiger partial charge on any atom is -0.497 e. The highest BCUT2D eigenvalue weighted by Gasteiger charge is 2.20. The summed E-state index contributed by atoms with van der Waals surface area (Å²) >= 11 is 1.66. The van der Waals surface area contributed by atoms with E-state index in [0.29, 0.717) is 6.04 Å². The molecule has 2 aromatic rings. The quantitative estimate of drug-likeness (QED) is 0.881. The smallest absolute Gasteiger partial charge is 0.137 e. The van der Waals surface area contributed by atoms with Crippen LogP contribution in [0.25, 0.3) is 5.70 Å². The zero-order chi connectivity index (χ0) is 16.4. The molecular weight excluding hydrogens is 308 g/mol. The highest BCUT2D eigenvalue weighted by atomic mass is 32.1. The summed E-state index contributed by atoms with van der Waals surface area (Å²) in [6, 6.07) is 6.44. The van der Waals surface area contributed by atoms with Crippen molar-refractivity contribution in [2.24, 2.45) is 4.99 Å². The van der Waals surface area contributed by atoms with Gasteiger partial charge in [0, 0.05) is 41.9 Å². The van der Waals surface area contributed by atoms with Crippen LogP contribution in [0.4, 0.5) is 5.82 Å². The van der Waals surface area contributed by atoms with Gasteiger partial charge in [0.2, 0.25) is 0 Å². The number of thiazole rings is 1. The molecule has 1 aromatic carbocycles. The maximum atomic E-state index is 5.33. The Morgan fingerprint density at radius 2 is 2.17 bits per heavy atom. The van der Waals surface area contributed by atoms with Gasteiger partial charge in [0.1, 0.15) is 22.6 Å². The summed E-state index contributed by atoms with van der Waals surface area (Å²) in [5.41, 5.74) is 1.19. The van der Waals surface area contributed by atoms with E-state index in [1.54, 1.807) is 18.4 Å². The molecule has 23 heavy (non-hydrogen) atoms. The van der Waals surface area contributed by atoms with Crippen LogP contribution >= 0.6 is 11.3 Å². The van der Waals surface area contributed by atoms with E-state index in [-0.39, 0.29) is 6.04 Å². The molecule has 122 valence electrons. The van der Waals surface area contributed by atoms with Crippen LogP contribution in [-0.4, -0.2) is 25.2 Å². The van der Waals surface area contributed by atoms with Crippen LogP contribution in [0.3, 0.4) is 0 Å². The number of nitrogens with zero attached hydrogens (tertiary/aromatic N) is 2. The van der Waals surface area contributed by atoms with Gasteiger partial charge in [-0.2, -0.15) is 0 Å². The first-order chi connectivity index (χ1) is 11.1. The van der Waals surface area contributed by atoms with E-state index < -0.39 is 0 Å². The summed E-state index contributed by atoms with van der Waals surface area (Å²) in [5, 5.41) is 11.8. The van der Waals surface area contributed by atoms with Crippen molar-refractivity contribution in [3.8, 4) is 5.75 Å². The zero-order valence-corrected chi connectivity index (χ0v) is 14.7. The van der Waals surface area contributed by atoms with Gasteiger partial charge in [-0.1, -0.05) is 0 Å². The van der Waals surface area contributed by atoms with Gasteiger partial charge in [0.25, 0.3) is 0 Å². The van der Waals surface area contributed by atoms with E-state index in [9.17, 15) is 0 Å². The average molecular weight is 330 g/mol. The highest BCUT2D eigenvalue weighted by Crippen LogP contribution is 2.29. The minimum absolute atomic E-state index is 0.0461. The van der Waals surface area contributed by atoms with E-state index in [4.69, 9.17) is 14.7 Å². The number of nitrogens with one attached hydrogen (secondary N) is 2. The molecule has 0 amide bonds. The van der Waals surface area contributed by atoms with Crippen LogP contribution in [0.1, 0.15) is 31.3 Å². The maximum absolute atomic E-state index is 5.33. The molecule has 6 heteroatoms. The predicted octanol–water partition coefficient (Wildman–Crippen LogP) is 2.06. The van der Waals surface area contributed by atoms with Gasteiger partial charge < -0.3 is 15.4 Å². The fraction of sp³-hybridized carbons (Fsp3) is 0.412. The molecule has 3 rings (SSSR count). The lowest BCUT2D eigenvalue weighted by atomic mass is 10.1. The third-order valence-electron chi connectivity index (χ3n) is 3.77. The van der Waals surface area contributed by atoms with Gasteiger partial charge in [0.15, 0.2) is 0 Å². The number of rotatable bonds is 5. The molecule has 1 aliphatic rings. The third kappa shape index (κ3) is 3.32. The normalized spacial score (nSPS) is 16.7. The van der Waals surface area contributed by atoms with E-state index in [1.807, 2.05) is 19.2 Å². The second-order valence-electron chi connectivity index (χ2n) is 5.83. The molecule has 0 fully saturated rings. The molecule has 0 spiro atoms. The average Bonchev–Trinajstić information content (AvgIpc) is 3.00. The van der Waals surface area contributed by atoms with Crippen LogP contribution < -0.4 is 25.9 Å². The lowest BCUT2D eigenvalue weighted by Crippen LogP contribution is -2.35. The highest BCUT2D eigenvalue weighted by molar-refractivity contribution is 7.10. The number of anilines is 1. The standard InChI is InChI=1S/C17H22N4OS/c1-10(2)19-16-9-23-17(21-16)15-8-13(18-3)12-6-5-11(22-4)7-14(12)20-15/h5-7,9-10,15,18-19H,8H2,1-4H3. The van der Waals surface area contributed by atoms with Crippen molar-refractivity contribution in [3.63, 3.8) is 0 Å². The molecule has 0 saturated carbocycles. The van der Waals surface area contributed by atoms with Crippen molar-refractivity contribution < 1.29 is 4.74 Å². The number of benzene rings is 1. The van der Waals surface area contributed by atoms with E-state index in [0.717, 1.165) is 33.6 Å². The van der Waals surface area contributed by atoms with Gasteiger partial charge in [0.05, 0.1) is 12.5 Å². The molecule has 1 atom stereocenters. The second-order valence-corrected chi connectivity index (χ2v) is 6.72. The Labute approximate surface area is 140 Å². The number of hydrogen-bond acceptors (Lipinski definition) is 6. The lowest BCUT2D eigenvalue weighted by molar-refractivity contribution is 0.413. The molecule has 5 nitrogen and oxygen atoms in total. The zero-order valence-electron chi connectivity index (χ0n) is 13.9. The second kappa shape index (κ2) is 6.58. The molecular formula is C17H22N4OS. The Morgan fingerprint density at radius 3 is 2.87 bits per heavy atom. The monoisotopic (exact) mass is 330 g/mol. The molecule has 0 saturated heterocycles. The molecule has 2 heterocycles. The lowest BCUT2D eigenvalue weighted by Gasteiger charge is -2.18. The minimum atomic E-state index is 0.0461. The van der Waals surface area contributed by atoms with Crippen molar-refractivity contribution in [2.75, 3.05) is 19.5 Å². The first-order valence-electron chi connectivity index (χ1n) is 7.75. The van der Waals surface area contributed by atoms with Gasteiger partial charge in [-0.25, -0.2) is 4.98 Å². The number of methoxy groups -OCH3 is 1. The summed E-state index contributed by atoms with van der Waals surface area (Å²) < 4.78 is 5.33. The largest absolute Gasteiger partial charge is 0.497 e. The summed E-state index contributed by atoms with van der Waals surface area (Å²) in [5.74, 6) is 1.75. The van der Waals surface area contributed by atoms with Crippen LogP contribution in [0.2, 0.25) is 0 Å². The number of ether oxygens (including phenoxy) is 1. The first kappa shape index (κ1) is 15.8. The summed E-state index contributed by atoms with van der Waals surface area (Å²) in [7, 11) is 3.63. The molecule has 1 aliphatic heterocycles. The molecule has 0 aliphatic carbocycles. The Balaban J connectivity index is 1.99. The third-order valence-corrected chi connectivity index (χ3v) is 4.71.